The van der Waals surface area contributed by atoms with E-state index in [4.69, 9.17) is 4.98 Å². The molecule has 4 heteroatoms. The number of aromatic nitrogens is 2. The molecule has 0 spiro atoms. The van der Waals surface area contributed by atoms with Crippen molar-refractivity contribution < 1.29 is 0 Å². The summed E-state index contributed by atoms with van der Waals surface area (Å²) in [4.78, 5) is 4.87. The van der Waals surface area contributed by atoms with E-state index in [-0.39, 0.29) is 0 Å². The molecular formula is C37H39N3S. The summed E-state index contributed by atoms with van der Waals surface area (Å²) in [5, 5.41) is 9.40. The zero-order valence-electron chi connectivity index (χ0n) is 25.1. The van der Waals surface area contributed by atoms with Crippen LogP contribution in [0.2, 0.25) is 0 Å². The van der Waals surface area contributed by atoms with E-state index in [0.29, 0.717) is 17.4 Å². The molecular weight excluding hydrogens is 518 g/mol. The van der Waals surface area contributed by atoms with Crippen LogP contribution in [0.25, 0.3) is 39.3 Å². The predicted molar refractivity (Wildman–Crippen MR) is 177 cm³/mol. The number of benzene rings is 4. The zero-order valence-corrected chi connectivity index (χ0v) is 26.0. The van der Waals surface area contributed by atoms with Gasteiger partial charge < -0.3 is 0 Å². The molecule has 1 aromatic heterocycles. The minimum Gasteiger partial charge on any atom is -0.299 e. The van der Waals surface area contributed by atoms with E-state index in [1.54, 1.807) is 6.26 Å². The Balaban J connectivity index is 0.00000189. The monoisotopic (exact) mass is 557 g/mol. The van der Waals surface area contributed by atoms with Crippen molar-refractivity contribution in [2.75, 3.05) is 6.26 Å². The predicted octanol–water partition coefficient (Wildman–Crippen LogP) is 10.2. The summed E-state index contributed by atoms with van der Waals surface area (Å²) in [5.41, 5.74) is 12.6. The van der Waals surface area contributed by atoms with Crippen LogP contribution in [-0.2, 0) is 0 Å². The number of nitriles is 1. The Bertz CT molecular complexity index is 1640. The Morgan fingerprint density at radius 3 is 1.83 bits per heavy atom. The number of hydrogen-bond donors (Lipinski definition) is 1. The normalized spacial score (nSPS) is 10.9. The first-order valence-electron chi connectivity index (χ1n) is 14.1. The second-order valence-electron chi connectivity index (χ2n) is 11.0. The Kier molecular flexibility index (Phi) is 9.53. The average molecular weight is 558 g/mol. The van der Waals surface area contributed by atoms with Crippen molar-refractivity contribution in [1.29, 1.82) is 5.26 Å². The molecule has 0 N–H and O–H groups in total. The fourth-order valence-corrected chi connectivity index (χ4v) is 5.63. The van der Waals surface area contributed by atoms with Crippen molar-refractivity contribution in [2.24, 2.45) is 0 Å². The number of aryl methyl sites for hydroxylation is 2. The van der Waals surface area contributed by atoms with Gasteiger partial charge in [-0.3, -0.25) is 4.57 Å². The quantitative estimate of drug-likeness (QED) is 0.211. The highest BCUT2D eigenvalue weighted by Crippen LogP contribution is 2.38. The molecule has 0 saturated carbocycles. The highest BCUT2D eigenvalue weighted by atomic mass is 32.1. The molecule has 1 heterocycles. The van der Waals surface area contributed by atoms with Crippen molar-refractivity contribution in [3.8, 4) is 45.4 Å². The molecule has 0 aliphatic carbocycles. The second-order valence-corrected chi connectivity index (χ2v) is 11.0. The topological polar surface area (TPSA) is 41.6 Å². The number of thiol groups is 1. The van der Waals surface area contributed by atoms with E-state index in [1.165, 1.54) is 33.5 Å². The van der Waals surface area contributed by atoms with Crippen LogP contribution in [0.5, 0.6) is 0 Å². The van der Waals surface area contributed by atoms with Crippen molar-refractivity contribution in [3.63, 3.8) is 0 Å². The third kappa shape index (κ3) is 6.16. The fourth-order valence-electron chi connectivity index (χ4n) is 5.63. The SMILES string of the molecule is CS.Cc1cc(C#N)cc(C)c1-c1cccc(-c2nccn2-c2c(C(C)C)cc(-c3ccccc3)cc2C(C)C)c1. The summed E-state index contributed by atoms with van der Waals surface area (Å²) in [6.07, 6.45) is 5.69. The lowest BCUT2D eigenvalue weighted by Gasteiger charge is -2.24. The van der Waals surface area contributed by atoms with Crippen LogP contribution >= 0.6 is 12.6 Å². The van der Waals surface area contributed by atoms with Gasteiger partial charge in [0.1, 0.15) is 5.82 Å². The van der Waals surface area contributed by atoms with Gasteiger partial charge in [0, 0.05) is 18.0 Å². The summed E-state index contributed by atoms with van der Waals surface area (Å²) >= 11 is 3.53. The molecule has 5 rings (SSSR count). The highest BCUT2D eigenvalue weighted by Gasteiger charge is 2.21. The Hall–Kier alpha value is -4.07. The molecule has 0 atom stereocenters. The molecule has 0 saturated heterocycles. The van der Waals surface area contributed by atoms with Gasteiger partial charge in [0.25, 0.3) is 0 Å². The van der Waals surface area contributed by atoms with Crippen molar-refractivity contribution in [3.05, 3.63) is 119 Å². The van der Waals surface area contributed by atoms with Gasteiger partial charge in [-0.25, -0.2) is 4.98 Å². The number of rotatable bonds is 6. The maximum atomic E-state index is 9.40. The lowest BCUT2D eigenvalue weighted by molar-refractivity contribution is 0.807. The molecule has 0 unspecified atom stereocenters. The number of nitrogens with zero attached hydrogens (tertiary/aromatic N) is 3. The standard InChI is InChI=1S/C36H35N3.CH4S/c1-23(2)32-20-31(28-11-8-7-9-12-28)21-33(24(3)4)35(32)39-16-15-38-36(39)30-14-10-13-29(19-30)34-25(5)17-27(22-37)18-26(34)6;1-2/h7-21,23-24H,1-6H3;2H,1H3. The first-order valence-corrected chi connectivity index (χ1v) is 15.0. The van der Waals surface area contributed by atoms with Crippen LogP contribution in [0, 0.1) is 25.2 Å². The Labute approximate surface area is 251 Å². The molecule has 0 aliphatic heterocycles. The Morgan fingerprint density at radius 1 is 0.707 bits per heavy atom. The van der Waals surface area contributed by atoms with E-state index < -0.39 is 0 Å². The minimum absolute atomic E-state index is 0.340. The van der Waals surface area contributed by atoms with Crippen LogP contribution in [0.15, 0.2) is 91.3 Å². The van der Waals surface area contributed by atoms with Gasteiger partial charge in [0.05, 0.1) is 17.3 Å². The van der Waals surface area contributed by atoms with Crippen LogP contribution in [-0.4, -0.2) is 15.8 Å². The van der Waals surface area contributed by atoms with Crippen molar-refractivity contribution in [1.82, 2.24) is 9.55 Å². The van der Waals surface area contributed by atoms with Crippen LogP contribution < -0.4 is 0 Å². The summed E-state index contributed by atoms with van der Waals surface area (Å²) in [5.74, 6) is 1.61. The highest BCUT2D eigenvalue weighted by molar-refractivity contribution is 7.79. The van der Waals surface area contributed by atoms with Crippen LogP contribution in [0.3, 0.4) is 0 Å². The molecule has 0 fully saturated rings. The summed E-state index contributed by atoms with van der Waals surface area (Å²) < 4.78 is 2.27. The lowest BCUT2D eigenvalue weighted by atomic mass is 9.88. The third-order valence-electron chi connectivity index (χ3n) is 7.47. The Morgan fingerprint density at radius 2 is 1.27 bits per heavy atom. The van der Waals surface area contributed by atoms with Gasteiger partial charge >= 0.3 is 0 Å². The second kappa shape index (κ2) is 13.1. The van der Waals surface area contributed by atoms with Crippen molar-refractivity contribution >= 4 is 12.6 Å². The van der Waals surface area contributed by atoms with E-state index in [2.05, 4.69) is 138 Å². The fraction of sp³-hybridized carbons (Fsp3) is 0.243. The molecule has 41 heavy (non-hydrogen) atoms. The molecule has 208 valence electrons. The molecule has 4 aromatic carbocycles. The van der Waals surface area contributed by atoms with Gasteiger partial charge in [-0.05, 0) is 107 Å². The number of imidazole rings is 1. The molecule has 0 radical (unpaired) electrons. The van der Waals surface area contributed by atoms with Gasteiger partial charge in [-0.1, -0.05) is 76.2 Å². The first-order chi connectivity index (χ1) is 19.8. The first kappa shape index (κ1) is 29.9. The third-order valence-corrected chi connectivity index (χ3v) is 7.47. The van der Waals surface area contributed by atoms with E-state index >= 15 is 0 Å². The summed E-state index contributed by atoms with van der Waals surface area (Å²) in [7, 11) is 0. The van der Waals surface area contributed by atoms with Gasteiger partial charge in [-0.15, -0.1) is 0 Å². The van der Waals surface area contributed by atoms with Crippen molar-refractivity contribution in [2.45, 2.75) is 53.4 Å². The average Bonchev–Trinajstić information content (AvgIpc) is 3.47. The van der Waals surface area contributed by atoms with E-state index in [9.17, 15) is 5.26 Å². The van der Waals surface area contributed by atoms with E-state index in [0.717, 1.165) is 28.1 Å². The molecule has 0 amide bonds. The summed E-state index contributed by atoms with van der Waals surface area (Å²) in [6, 6.07) is 30.2. The van der Waals surface area contributed by atoms with Crippen LogP contribution in [0.1, 0.15) is 67.3 Å². The van der Waals surface area contributed by atoms with Crippen LogP contribution in [0.4, 0.5) is 0 Å². The molecule has 0 aliphatic rings. The summed E-state index contributed by atoms with van der Waals surface area (Å²) in [6.45, 7) is 13.2. The molecule has 3 nitrogen and oxygen atoms in total. The molecule has 0 bridgehead atoms. The smallest absolute Gasteiger partial charge is 0.144 e. The van der Waals surface area contributed by atoms with Gasteiger partial charge in [0.2, 0.25) is 0 Å². The van der Waals surface area contributed by atoms with E-state index in [1.807, 2.05) is 18.3 Å². The maximum Gasteiger partial charge on any atom is 0.144 e. The zero-order chi connectivity index (χ0) is 29.7. The van der Waals surface area contributed by atoms with Gasteiger partial charge in [0.15, 0.2) is 0 Å². The van der Waals surface area contributed by atoms with Gasteiger partial charge in [-0.2, -0.15) is 17.9 Å². The molecule has 5 aromatic rings. The lowest BCUT2D eigenvalue weighted by Crippen LogP contribution is -2.08. The minimum atomic E-state index is 0.340. The number of hydrogen-bond acceptors (Lipinski definition) is 3. The maximum absolute atomic E-state index is 9.40. The largest absolute Gasteiger partial charge is 0.299 e.